The fourth-order valence-corrected chi connectivity index (χ4v) is 2.87. The Morgan fingerprint density at radius 2 is 2.21 bits per heavy atom. The van der Waals surface area contributed by atoms with Crippen LogP contribution in [0.25, 0.3) is 11.0 Å². The monoisotopic (exact) mass is 298 g/mol. The van der Waals surface area contributed by atoms with Crippen molar-refractivity contribution in [3.8, 4) is 0 Å². The van der Waals surface area contributed by atoms with Crippen molar-refractivity contribution in [1.82, 2.24) is 9.55 Å². The quantitative estimate of drug-likeness (QED) is 0.794. The Balaban J connectivity index is 2.37. The van der Waals surface area contributed by atoms with Gasteiger partial charge in [0.15, 0.2) is 0 Å². The number of hydrogen-bond acceptors (Lipinski definition) is 2. The van der Waals surface area contributed by atoms with Crippen molar-refractivity contribution in [3.05, 3.63) is 29.6 Å². The fraction of sp³-hybridized carbons (Fsp3) is 0.500. The van der Waals surface area contributed by atoms with Crippen LogP contribution in [0.4, 0.5) is 0 Å². The van der Waals surface area contributed by atoms with Crippen molar-refractivity contribution in [3.63, 3.8) is 0 Å². The smallest absolute Gasteiger partial charge is 0.124 e. The summed E-state index contributed by atoms with van der Waals surface area (Å²) in [6.07, 6.45) is 2.62. The normalized spacial score (nSPS) is 14.7. The average Bonchev–Trinajstić information content (AvgIpc) is 2.75. The van der Waals surface area contributed by atoms with Crippen LogP contribution in [0.15, 0.2) is 18.2 Å². The Labute approximate surface area is 121 Å². The third-order valence-corrected chi connectivity index (χ3v) is 5.10. The van der Waals surface area contributed by atoms with E-state index in [0.717, 1.165) is 29.8 Å². The van der Waals surface area contributed by atoms with E-state index in [9.17, 15) is 4.21 Å². The molecule has 0 bridgehead atoms. The molecule has 0 saturated carbocycles. The van der Waals surface area contributed by atoms with Crippen LogP contribution in [-0.4, -0.2) is 25.3 Å². The first-order valence-electron chi connectivity index (χ1n) is 6.37. The number of imidazole rings is 1. The molecule has 19 heavy (non-hydrogen) atoms. The minimum absolute atomic E-state index is 0.185. The maximum absolute atomic E-state index is 11.4. The summed E-state index contributed by atoms with van der Waals surface area (Å²) in [6.45, 7) is 4.91. The molecule has 0 aliphatic heterocycles. The predicted molar refractivity (Wildman–Crippen MR) is 82.2 cm³/mol. The van der Waals surface area contributed by atoms with Gasteiger partial charge in [0.1, 0.15) is 5.82 Å². The van der Waals surface area contributed by atoms with E-state index in [-0.39, 0.29) is 5.25 Å². The second-order valence-electron chi connectivity index (χ2n) is 4.85. The lowest BCUT2D eigenvalue weighted by atomic mass is 10.2. The molecule has 0 amide bonds. The van der Waals surface area contributed by atoms with E-state index in [1.54, 1.807) is 6.26 Å². The van der Waals surface area contributed by atoms with Crippen molar-refractivity contribution in [2.75, 3.05) is 6.26 Å². The molecule has 1 aromatic heterocycles. The van der Waals surface area contributed by atoms with Crippen molar-refractivity contribution in [1.29, 1.82) is 0 Å². The molecule has 0 spiro atoms. The molecule has 5 heteroatoms. The third kappa shape index (κ3) is 3.00. The number of nitrogens with zero attached hydrogens (tertiary/aromatic N) is 2. The SMILES string of the molecule is Cc1cccc2nc(CCl)n(CCC(C)S(C)=O)c12. The minimum atomic E-state index is -0.786. The van der Waals surface area contributed by atoms with E-state index in [1.807, 2.05) is 19.1 Å². The number of benzene rings is 1. The first-order valence-corrected chi connectivity index (χ1v) is 8.53. The number of hydrogen-bond donors (Lipinski definition) is 0. The number of aromatic nitrogens is 2. The molecule has 2 atom stereocenters. The summed E-state index contributed by atoms with van der Waals surface area (Å²) >= 11 is 5.99. The van der Waals surface area contributed by atoms with Gasteiger partial charge in [0.25, 0.3) is 0 Å². The summed E-state index contributed by atoms with van der Waals surface area (Å²) in [7, 11) is -0.786. The highest BCUT2D eigenvalue weighted by molar-refractivity contribution is 7.84. The molecule has 0 saturated heterocycles. The summed E-state index contributed by atoms with van der Waals surface area (Å²) in [4.78, 5) is 4.57. The molecule has 2 unspecified atom stereocenters. The molecule has 104 valence electrons. The van der Waals surface area contributed by atoms with Crippen LogP contribution in [-0.2, 0) is 23.2 Å². The van der Waals surface area contributed by atoms with Crippen LogP contribution in [0.5, 0.6) is 0 Å². The lowest BCUT2D eigenvalue weighted by Gasteiger charge is -2.12. The van der Waals surface area contributed by atoms with Gasteiger partial charge >= 0.3 is 0 Å². The maximum Gasteiger partial charge on any atom is 0.124 e. The van der Waals surface area contributed by atoms with Gasteiger partial charge in [0.2, 0.25) is 0 Å². The number of halogens is 1. The highest BCUT2D eigenvalue weighted by atomic mass is 35.5. The molecule has 0 aliphatic rings. The van der Waals surface area contributed by atoms with Gasteiger partial charge in [0.05, 0.1) is 16.9 Å². The Morgan fingerprint density at radius 1 is 1.47 bits per heavy atom. The predicted octanol–water partition coefficient (Wildman–Crippen LogP) is 3.24. The topological polar surface area (TPSA) is 34.9 Å². The molecular weight excluding hydrogens is 280 g/mol. The largest absolute Gasteiger partial charge is 0.327 e. The molecule has 0 fully saturated rings. The Morgan fingerprint density at radius 3 is 2.84 bits per heavy atom. The van der Waals surface area contributed by atoms with Crippen molar-refractivity contribution in [2.24, 2.45) is 0 Å². The molecule has 0 radical (unpaired) electrons. The number of fused-ring (bicyclic) bond motifs is 1. The summed E-state index contributed by atoms with van der Waals surface area (Å²) in [5.41, 5.74) is 3.33. The molecule has 2 aromatic rings. The number of para-hydroxylation sites is 1. The summed E-state index contributed by atoms with van der Waals surface area (Å²) < 4.78 is 13.6. The van der Waals surface area contributed by atoms with E-state index in [1.165, 1.54) is 5.56 Å². The van der Waals surface area contributed by atoms with Gasteiger partial charge in [-0.25, -0.2) is 4.98 Å². The molecule has 0 N–H and O–H groups in total. The van der Waals surface area contributed by atoms with Crippen LogP contribution in [0.1, 0.15) is 24.7 Å². The Kier molecular flexibility index (Phi) is 4.63. The van der Waals surface area contributed by atoms with Gasteiger partial charge in [-0.05, 0) is 25.0 Å². The molecule has 1 aromatic carbocycles. The van der Waals surface area contributed by atoms with E-state index in [4.69, 9.17) is 11.6 Å². The average molecular weight is 299 g/mol. The maximum atomic E-state index is 11.4. The second kappa shape index (κ2) is 6.06. The zero-order valence-electron chi connectivity index (χ0n) is 11.5. The summed E-state index contributed by atoms with van der Waals surface area (Å²) in [5, 5.41) is 0.185. The van der Waals surface area contributed by atoms with Gasteiger partial charge in [-0.3, -0.25) is 4.21 Å². The van der Waals surface area contributed by atoms with Gasteiger partial charge in [-0.15, -0.1) is 11.6 Å². The summed E-state index contributed by atoms with van der Waals surface area (Å²) in [5.74, 6) is 1.29. The number of aryl methyl sites for hydroxylation is 2. The molecule has 3 nitrogen and oxygen atoms in total. The van der Waals surface area contributed by atoms with E-state index in [0.29, 0.717) is 5.88 Å². The first-order chi connectivity index (χ1) is 9.04. The van der Waals surface area contributed by atoms with E-state index < -0.39 is 10.8 Å². The first kappa shape index (κ1) is 14.5. The fourth-order valence-electron chi connectivity index (χ4n) is 2.23. The van der Waals surface area contributed by atoms with Crippen LogP contribution >= 0.6 is 11.6 Å². The number of alkyl halides is 1. The highest BCUT2D eigenvalue weighted by Gasteiger charge is 2.13. The molecule has 0 aliphatic carbocycles. The third-order valence-electron chi connectivity index (χ3n) is 3.49. The lowest BCUT2D eigenvalue weighted by molar-refractivity contribution is 0.616. The summed E-state index contributed by atoms with van der Waals surface area (Å²) in [6, 6.07) is 6.10. The van der Waals surface area contributed by atoms with Gasteiger partial charge < -0.3 is 4.57 Å². The Hall–Kier alpha value is -0.870. The van der Waals surface area contributed by atoms with E-state index in [2.05, 4.69) is 22.5 Å². The highest BCUT2D eigenvalue weighted by Crippen LogP contribution is 2.22. The Bertz CT molecular complexity index is 609. The second-order valence-corrected chi connectivity index (χ2v) is 6.92. The zero-order valence-corrected chi connectivity index (χ0v) is 13.1. The van der Waals surface area contributed by atoms with Crippen LogP contribution in [0.3, 0.4) is 0 Å². The van der Waals surface area contributed by atoms with Crippen LogP contribution in [0, 0.1) is 6.92 Å². The van der Waals surface area contributed by atoms with Gasteiger partial charge in [-0.2, -0.15) is 0 Å². The van der Waals surface area contributed by atoms with E-state index >= 15 is 0 Å². The minimum Gasteiger partial charge on any atom is -0.327 e. The molecule has 1 heterocycles. The molecule has 2 rings (SSSR count). The van der Waals surface area contributed by atoms with Crippen LogP contribution < -0.4 is 0 Å². The van der Waals surface area contributed by atoms with Gasteiger partial charge in [0, 0.05) is 28.9 Å². The van der Waals surface area contributed by atoms with Crippen molar-refractivity contribution >= 4 is 33.4 Å². The van der Waals surface area contributed by atoms with Crippen LogP contribution in [0.2, 0.25) is 0 Å². The zero-order chi connectivity index (χ0) is 14.0. The standard InChI is InChI=1S/C14H19ClN2OS/c1-10-5-4-6-12-14(10)17(13(9-15)16-12)8-7-11(2)19(3)18/h4-6,11H,7-9H2,1-3H3. The molecular formula is C14H19ClN2OS. The number of rotatable bonds is 5. The van der Waals surface area contributed by atoms with Crippen molar-refractivity contribution in [2.45, 2.75) is 37.9 Å². The van der Waals surface area contributed by atoms with Crippen molar-refractivity contribution < 1.29 is 4.21 Å². The van der Waals surface area contributed by atoms with Gasteiger partial charge in [-0.1, -0.05) is 19.1 Å². The lowest BCUT2D eigenvalue weighted by Crippen LogP contribution is -2.14.